The number of hydrogen-bond acceptors (Lipinski definition) is 2. The number of likely N-dealkylation sites (tertiary alicyclic amines) is 1. The first kappa shape index (κ1) is 14.6. The fourth-order valence-electron chi connectivity index (χ4n) is 2.26. The lowest BCUT2D eigenvalue weighted by molar-refractivity contribution is -0.127. The number of benzene rings is 1. The van der Waals surface area contributed by atoms with E-state index in [-0.39, 0.29) is 11.9 Å². The molecule has 1 amide bonds. The van der Waals surface area contributed by atoms with Crippen LogP contribution in [0.15, 0.2) is 47.4 Å². The Morgan fingerprint density at radius 2 is 2.25 bits per heavy atom. The second kappa shape index (κ2) is 7.68. The molecule has 1 saturated heterocycles. The van der Waals surface area contributed by atoms with Gasteiger partial charge in [-0.1, -0.05) is 30.4 Å². The zero-order valence-corrected chi connectivity index (χ0v) is 12.0. The molecule has 0 radical (unpaired) electrons. The van der Waals surface area contributed by atoms with Crippen molar-refractivity contribution < 1.29 is 9.58 Å². The zero-order valence-electron chi connectivity index (χ0n) is 11.2. The third-order valence-electron chi connectivity index (χ3n) is 3.20. The van der Waals surface area contributed by atoms with Crippen molar-refractivity contribution in [3.63, 3.8) is 0 Å². The number of thioether (sulfide) groups is 1. The Morgan fingerprint density at radius 3 is 3.00 bits per heavy atom. The molecule has 20 heavy (non-hydrogen) atoms. The van der Waals surface area contributed by atoms with Gasteiger partial charge in [0, 0.05) is 17.2 Å². The molecule has 1 atom stereocenters. The van der Waals surface area contributed by atoms with E-state index in [1.165, 1.54) is 4.90 Å². The number of amides is 1. The van der Waals surface area contributed by atoms with Gasteiger partial charge in [0.05, 0.1) is 6.04 Å². The van der Waals surface area contributed by atoms with E-state index >= 15 is 0 Å². The van der Waals surface area contributed by atoms with Gasteiger partial charge in [-0.3, -0.25) is 4.79 Å². The maximum atomic E-state index is 11.7. The maximum absolute atomic E-state index is 11.7. The first-order chi connectivity index (χ1) is 9.81. The van der Waals surface area contributed by atoms with Crippen LogP contribution in [0.25, 0.3) is 5.53 Å². The lowest BCUT2D eigenvalue weighted by Crippen LogP contribution is -2.35. The van der Waals surface area contributed by atoms with Crippen molar-refractivity contribution in [3.05, 3.63) is 48.0 Å². The molecule has 1 heterocycles. The van der Waals surface area contributed by atoms with Gasteiger partial charge >= 0.3 is 12.1 Å². The Hall–Kier alpha value is -1.84. The number of rotatable bonds is 5. The predicted octanol–water partition coefficient (Wildman–Crippen LogP) is 2.63. The number of nitrogens with zero attached hydrogens (tertiary/aromatic N) is 3. The van der Waals surface area contributed by atoms with Gasteiger partial charge in [0.1, 0.15) is 0 Å². The molecule has 0 saturated carbocycles. The molecule has 0 bridgehead atoms. The monoisotopic (exact) mass is 287 g/mol. The largest absolute Gasteiger partial charge is 0.361 e. The van der Waals surface area contributed by atoms with Crippen LogP contribution in [0.4, 0.5) is 0 Å². The fourth-order valence-corrected chi connectivity index (χ4v) is 3.01. The molecule has 0 spiro atoms. The van der Waals surface area contributed by atoms with Crippen LogP contribution in [-0.4, -0.2) is 40.2 Å². The predicted molar refractivity (Wildman–Crippen MR) is 80.7 cm³/mol. The molecule has 1 aliphatic heterocycles. The third kappa shape index (κ3) is 4.08. The topological polar surface area (TPSA) is 56.7 Å². The molecule has 0 unspecified atom stereocenters. The molecule has 104 valence electrons. The van der Waals surface area contributed by atoms with Gasteiger partial charge in [-0.15, -0.1) is 11.8 Å². The summed E-state index contributed by atoms with van der Waals surface area (Å²) in [6.45, 7) is 0.728. The second-order valence-corrected chi connectivity index (χ2v) is 5.63. The molecule has 0 aromatic heterocycles. The highest BCUT2D eigenvalue weighted by atomic mass is 32.2. The zero-order chi connectivity index (χ0) is 14.2. The summed E-state index contributed by atoms with van der Waals surface area (Å²) < 4.78 is 0. The molecule has 0 aliphatic carbocycles. The summed E-state index contributed by atoms with van der Waals surface area (Å²) in [5.41, 5.74) is 8.42. The fraction of sp³-hybridized carbons (Fsp3) is 0.333. The minimum atomic E-state index is -0.227. The van der Waals surface area contributed by atoms with E-state index in [4.69, 9.17) is 5.53 Å². The van der Waals surface area contributed by atoms with E-state index < -0.39 is 0 Å². The quantitative estimate of drug-likeness (QED) is 0.275. The Labute approximate surface area is 123 Å². The van der Waals surface area contributed by atoms with E-state index in [2.05, 4.69) is 29.1 Å². The van der Waals surface area contributed by atoms with E-state index in [0.29, 0.717) is 0 Å². The van der Waals surface area contributed by atoms with Crippen LogP contribution in [0.2, 0.25) is 0 Å². The number of carbonyl (C=O) groups excluding carboxylic acids is 1. The van der Waals surface area contributed by atoms with E-state index in [1.54, 1.807) is 16.7 Å². The van der Waals surface area contributed by atoms with Crippen molar-refractivity contribution in [1.29, 1.82) is 0 Å². The van der Waals surface area contributed by atoms with Crippen LogP contribution in [0.5, 0.6) is 0 Å². The van der Waals surface area contributed by atoms with Gasteiger partial charge in [-0.05, 0) is 25.0 Å². The molecular formula is C15H17N3OS. The number of hydrogen-bond donors (Lipinski definition) is 0. The SMILES string of the molecule is [N-]=[N+]=CC(=O)N1CCC[C@H]1/C=C\CSc1ccccc1. The van der Waals surface area contributed by atoms with E-state index in [9.17, 15) is 4.79 Å². The van der Waals surface area contributed by atoms with Gasteiger partial charge in [-0.2, -0.15) is 4.79 Å². The van der Waals surface area contributed by atoms with E-state index in [0.717, 1.165) is 31.4 Å². The molecule has 4 nitrogen and oxygen atoms in total. The minimum Gasteiger partial charge on any atom is -0.361 e. The highest BCUT2D eigenvalue weighted by Gasteiger charge is 2.27. The van der Waals surface area contributed by atoms with Crippen LogP contribution < -0.4 is 0 Å². The summed E-state index contributed by atoms with van der Waals surface area (Å²) in [5.74, 6) is 0.659. The molecule has 0 N–H and O–H groups in total. The maximum Gasteiger partial charge on any atom is 0.344 e. The van der Waals surface area contributed by atoms with E-state index in [1.807, 2.05) is 18.2 Å². The summed E-state index contributed by atoms with van der Waals surface area (Å²) in [7, 11) is 0. The van der Waals surface area contributed by atoms with Crippen molar-refractivity contribution >= 4 is 23.9 Å². The first-order valence-corrected chi connectivity index (χ1v) is 7.62. The second-order valence-electron chi connectivity index (χ2n) is 4.54. The van der Waals surface area contributed by atoms with Gasteiger partial charge in [0.2, 0.25) is 0 Å². The Kier molecular flexibility index (Phi) is 5.59. The summed E-state index contributed by atoms with van der Waals surface area (Å²) in [5, 5.41) is 0. The third-order valence-corrected chi connectivity index (χ3v) is 4.16. The van der Waals surface area contributed by atoms with Crippen molar-refractivity contribution in [2.75, 3.05) is 12.3 Å². The van der Waals surface area contributed by atoms with Crippen molar-refractivity contribution in [1.82, 2.24) is 4.90 Å². The lowest BCUT2D eigenvalue weighted by Gasteiger charge is -2.18. The molecule has 1 aromatic rings. The highest BCUT2D eigenvalue weighted by molar-refractivity contribution is 7.99. The van der Waals surface area contributed by atoms with Crippen molar-refractivity contribution in [2.24, 2.45) is 0 Å². The summed E-state index contributed by atoms with van der Waals surface area (Å²) >= 11 is 1.77. The molecule has 5 heteroatoms. The Bertz CT molecular complexity index is 523. The van der Waals surface area contributed by atoms with Gasteiger partial charge in [-0.25, -0.2) is 0 Å². The Balaban J connectivity index is 1.84. The average Bonchev–Trinajstić information content (AvgIpc) is 2.93. The lowest BCUT2D eigenvalue weighted by atomic mass is 10.2. The van der Waals surface area contributed by atoms with Crippen LogP contribution in [0.1, 0.15) is 12.8 Å². The highest BCUT2D eigenvalue weighted by Crippen LogP contribution is 2.20. The minimum absolute atomic E-state index is 0.122. The van der Waals surface area contributed by atoms with Gasteiger partial charge < -0.3 is 10.4 Å². The summed E-state index contributed by atoms with van der Waals surface area (Å²) in [6.07, 6.45) is 7.10. The van der Waals surface area contributed by atoms with Gasteiger partial charge in [0.15, 0.2) is 0 Å². The average molecular weight is 287 g/mol. The standard InChI is InChI=1S/C15H17N3OS/c16-17-12-15(19)18-10-4-6-13(18)7-5-11-20-14-8-2-1-3-9-14/h1-3,5,7-9,12-13H,4,6,10-11H2/b7-5-/t13-/m0/s1. The molecule has 1 fully saturated rings. The van der Waals surface area contributed by atoms with Crippen molar-refractivity contribution in [2.45, 2.75) is 23.8 Å². The molecule has 1 aliphatic rings. The van der Waals surface area contributed by atoms with Gasteiger partial charge in [0.25, 0.3) is 0 Å². The molecule has 1 aromatic carbocycles. The van der Waals surface area contributed by atoms with Crippen LogP contribution >= 0.6 is 11.8 Å². The normalized spacial score (nSPS) is 18.2. The molecular weight excluding hydrogens is 270 g/mol. The van der Waals surface area contributed by atoms with Crippen LogP contribution in [0.3, 0.4) is 0 Å². The first-order valence-electron chi connectivity index (χ1n) is 6.64. The van der Waals surface area contributed by atoms with Crippen molar-refractivity contribution in [3.8, 4) is 0 Å². The Morgan fingerprint density at radius 1 is 1.45 bits per heavy atom. The summed E-state index contributed by atoms with van der Waals surface area (Å²) in [6, 6.07) is 10.3. The van der Waals surface area contributed by atoms with Crippen LogP contribution in [-0.2, 0) is 4.79 Å². The number of carbonyl (C=O) groups is 1. The van der Waals surface area contributed by atoms with Crippen LogP contribution in [0, 0.1) is 0 Å². The smallest absolute Gasteiger partial charge is 0.344 e. The summed E-state index contributed by atoms with van der Waals surface area (Å²) in [4.78, 5) is 17.5. The molecule has 2 rings (SSSR count).